The van der Waals surface area contributed by atoms with E-state index in [9.17, 15) is 8.78 Å². The number of aliphatic hydroxyl groups excluding tert-OH is 1. The summed E-state index contributed by atoms with van der Waals surface area (Å²) in [7, 11) is 0. The molecule has 5 rings (SSSR count). The number of hydrogen-bond donors (Lipinski definition) is 1. The van der Waals surface area contributed by atoms with Crippen LogP contribution in [-0.2, 0) is 0 Å². The first-order valence-electron chi connectivity index (χ1n) is 9.25. The first-order valence-corrected chi connectivity index (χ1v) is 9.25. The van der Waals surface area contributed by atoms with Crippen LogP contribution in [0.5, 0.6) is 17.4 Å². The van der Waals surface area contributed by atoms with Crippen molar-refractivity contribution >= 4 is 22.0 Å². The highest BCUT2D eigenvalue weighted by molar-refractivity contribution is 5.96. The zero-order chi connectivity index (χ0) is 21.5. The summed E-state index contributed by atoms with van der Waals surface area (Å²) in [6.07, 6.45) is 2.41. The Bertz CT molecular complexity index is 1370. The van der Waals surface area contributed by atoms with Crippen molar-refractivity contribution in [3.8, 4) is 40.7 Å². The second-order valence-electron chi connectivity index (χ2n) is 6.86. The van der Waals surface area contributed by atoms with Gasteiger partial charge in [0.15, 0.2) is 17.6 Å². The van der Waals surface area contributed by atoms with Gasteiger partial charge in [-0.25, -0.2) is 9.97 Å². The number of benzene rings is 2. The Labute approximate surface area is 174 Å². The van der Waals surface area contributed by atoms with Crippen molar-refractivity contribution in [2.24, 2.45) is 0 Å². The van der Waals surface area contributed by atoms with Crippen LogP contribution in [0.2, 0.25) is 0 Å². The Balaban J connectivity index is 1.61. The van der Waals surface area contributed by atoms with Crippen molar-refractivity contribution in [3.05, 3.63) is 42.1 Å². The molecule has 0 amide bonds. The second kappa shape index (κ2) is 7.32. The minimum atomic E-state index is -2.98. The van der Waals surface area contributed by atoms with Crippen LogP contribution in [0.3, 0.4) is 0 Å². The Morgan fingerprint density at radius 1 is 1.26 bits per heavy atom. The van der Waals surface area contributed by atoms with Crippen LogP contribution in [0.1, 0.15) is 5.56 Å². The topological polar surface area (TPSA) is 86.8 Å². The van der Waals surface area contributed by atoms with Gasteiger partial charge in [-0.05, 0) is 48.7 Å². The van der Waals surface area contributed by atoms with Gasteiger partial charge < -0.3 is 23.7 Å². The van der Waals surface area contributed by atoms with Crippen LogP contribution in [0, 0.1) is 19.0 Å². The number of nitrogens with zero attached hydrogens (tertiary/aromatic N) is 2. The Kier molecular flexibility index (Phi) is 4.47. The number of aryl methyl sites for hydroxylation is 1. The molecular formula is C22H14F2N2O5. The second-order valence-corrected chi connectivity index (χ2v) is 6.86. The van der Waals surface area contributed by atoms with Gasteiger partial charge >= 0.3 is 6.61 Å². The number of ether oxygens (including phenoxy) is 3. The molecule has 0 spiro atoms. The van der Waals surface area contributed by atoms with Gasteiger partial charge in [0.05, 0.1) is 22.6 Å². The number of rotatable bonds is 3. The highest BCUT2D eigenvalue weighted by Crippen LogP contribution is 2.42. The number of halogens is 2. The van der Waals surface area contributed by atoms with Crippen molar-refractivity contribution in [2.75, 3.05) is 6.61 Å². The summed E-state index contributed by atoms with van der Waals surface area (Å²) in [5, 5.41) is 9.47. The molecule has 3 heterocycles. The largest absolute Gasteiger partial charge is 0.484 e. The molecule has 2 aromatic heterocycles. The predicted octanol–water partition coefficient (Wildman–Crippen LogP) is 4.43. The summed E-state index contributed by atoms with van der Waals surface area (Å²) in [5.74, 6) is 3.76. The molecule has 0 aliphatic carbocycles. The number of alkyl halides is 2. The van der Waals surface area contributed by atoms with Crippen LogP contribution in [0.25, 0.3) is 33.3 Å². The molecule has 1 N–H and O–H groups in total. The third-order valence-corrected chi connectivity index (χ3v) is 4.73. The van der Waals surface area contributed by atoms with E-state index in [1.807, 2.05) is 19.1 Å². The predicted molar refractivity (Wildman–Crippen MR) is 106 cm³/mol. The van der Waals surface area contributed by atoms with Crippen LogP contribution in [0.15, 0.2) is 40.9 Å². The number of aliphatic hydroxyl groups is 1. The number of hydrogen-bond acceptors (Lipinski definition) is 7. The molecule has 1 aliphatic heterocycles. The fraction of sp³-hybridized carbons (Fsp3) is 0.182. The molecule has 2 aromatic carbocycles. The van der Waals surface area contributed by atoms with E-state index in [-0.39, 0.29) is 12.5 Å². The summed E-state index contributed by atoms with van der Waals surface area (Å²) in [5.41, 5.74) is 2.95. The molecule has 0 radical (unpaired) electrons. The third-order valence-electron chi connectivity index (χ3n) is 4.73. The molecule has 0 unspecified atom stereocenters. The van der Waals surface area contributed by atoms with E-state index < -0.39 is 12.7 Å². The lowest BCUT2D eigenvalue weighted by atomic mass is 10.1. The van der Waals surface area contributed by atoms with Gasteiger partial charge in [-0.3, -0.25) is 0 Å². The Hall–Kier alpha value is -4.06. The van der Waals surface area contributed by atoms with Crippen LogP contribution < -0.4 is 14.2 Å². The molecule has 9 heteroatoms. The average Bonchev–Trinajstić information content (AvgIpc) is 3.17. The summed E-state index contributed by atoms with van der Waals surface area (Å²) >= 11 is 0. The van der Waals surface area contributed by atoms with Gasteiger partial charge in [-0.15, -0.1) is 0 Å². The zero-order valence-electron chi connectivity index (χ0n) is 16.1. The van der Waals surface area contributed by atoms with Crippen molar-refractivity contribution in [1.29, 1.82) is 0 Å². The number of furan rings is 1. The highest BCUT2D eigenvalue weighted by atomic mass is 19.3. The fourth-order valence-corrected chi connectivity index (χ4v) is 3.51. The standard InChI is InChI=1S/C22H14F2N2O5/c1-11-6-13(20-15(7-11)26-19(9-25-20)31-22(23)24)18-8-14-16(30-18)2-3-17-21(14)28-10-12(29-17)4-5-27/h2-3,6-9,12,22,27H,10H2,1H3/t12-/m0/s1. The maximum absolute atomic E-state index is 12.5. The van der Waals surface area contributed by atoms with E-state index in [0.717, 1.165) is 11.8 Å². The third kappa shape index (κ3) is 3.42. The smallest absolute Gasteiger partial charge is 0.388 e. The number of fused-ring (bicyclic) bond motifs is 4. The van der Waals surface area contributed by atoms with Crippen molar-refractivity contribution in [1.82, 2.24) is 9.97 Å². The van der Waals surface area contributed by atoms with Gasteiger partial charge in [-0.1, -0.05) is 0 Å². The lowest BCUT2D eigenvalue weighted by Gasteiger charge is -2.23. The first kappa shape index (κ1) is 18.9. The summed E-state index contributed by atoms with van der Waals surface area (Å²) < 4.78 is 47.0. The molecule has 0 bridgehead atoms. The normalized spacial score (nSPS) is 15.2. The molecule has 1 aliphatic rings. The molecule has 4 aromatic rings. The Morgan fingerprint density at radius 3 is 2.94 bits per heavy atom. The highest BCUT2D eigenvalue weighted by Gasteiger charge is 2.24. The summed E-state index contributed by atoms with van der Waals surface area (Å²) in [4.78, 5) is 8.39. The SMILES string of the molecule is Cc1cc(-c2cc3c4c(ccc3o2)O[C@@H](C#CO)CO4)c2ncc(OC(F)F)nc2c1. The van der Waals surface area contributed by atoms with Crippen LogP contribution >= 0.6 is 0 Å². The summed E-state index contributed by atoms with van der Waals surface area (Å²) in [6, 6.07) is 8.86. The van der Waals surface area contributed by atoms with Gasteiger partial charge in [0, 0.05) is 5.56 Å². The molecule has 0 saturated carbocycles. The van der Waals surface area contributed by atoms with E-state index in [2.05, 4.69) is 20.6 Å². The van der Waals surface area contributed by atoms with Crippen LogP contribution in [0.4, 0.5) is 8.78 Å². The number of aromatic nitrogens is 2. The molecule has 1 atom stereocenters. The average molecular weight is 424 g/mol. The van der Waals surface area contributed by atoms with E-state index in [4.69, 9.17) is 19.0 Å². The van der Waals surface area contributed by atoms with Crippen molar-refractivity contribution in [2.45, 2.75) is 19.6 Å². The maximum Gasteiger partial charge on any atom is 0.388 e. The molecule has 31 heavy (non-hydrogen) atoms. The van der Waals surface area contributed by atoms with Crippen LogP contribution in [-0.4, -0.2) is 34.4 Å². The van der Waals surface area contributed by atoms with Crippen molar-refractivity contribution in [3.63, 3.8) is 0 Å². The first-order chi connectivity index (χ1) is 15.0. The Morgan fingerprint density at radius 2 is 2.13 bits per heavy atom. The molecule has 0 fully saturated rings. The van der Waals surface area contributed by atoms with Crippen molar-refractivity contribution < 1.29 is 32.5 Å². The fourth-order valence-electron chi connectivity index (χ4n) is 3.51. The van der Waals surface area contributed by atoms with E-state index >= 15 is 0 Å². The molecule has 0 saturated heterocycles. The van der Waals surface area contributed by atoms with Gasteiger partial charge in [0.1, 0.15) is 24.1 Å². The van der Waals surface area contributed by atoms with Gasteiger partial charge in [-0.2, -0.15) is 8.78 Å². The zero-order valence-corrected chi connectivity index (χ0v) is 16.1. The molecular weight excluding hydrogens is 410 g/mol. The van der Waals surface area contributed by atoms with E-state index in [0.29, 0.717) is 44.8 Å². The summed E-state index contributed by atoms with van der Waals surface area (Å²) in [6.45, 7) is -0.969. The monoisotopic (exact) mass is 424 g/mol. The maximum atomic E-state index is 12.5. The van der Waals surface area contributed by atoms with Gasteiger partial charge in [0.25, 0.3) is 0 Å². The quantitative estimate of drug-likeness (QED) is 0.487. The van der Waals surface area contributed by atoms with E-state index in [1.165, 1.54) is 0 Å². The van der Waals surface area contributed by atoms with Gasteiger partial charge in [0.2, 0.25) is 5.88 Å². The minimum absolute atomic E-state index is 0.159. The minimum Gasteiger partial charge on any atom is -0.484 e. The van der Waals surface area contributed by atoms with E-state index in [1.54, 1.807) is 24.3 Å². The molecule has 156 valence electrons. The lowest BCUT2D eigenvalue weighted by Crippen LogP contribution is -2.27. The molecule has 7 nitrogen and oxygen atoms in total. The lowest BCUT2D eigenvalue weighted by molar-refractivity contribution is -0.0528.